The number of nitrogens with zero attached hydrogens (tertiary/aromatic N) is 4. The van der Waals surface area contributed by atoms with Gasteiger partial charge < -0.3 is 9.32 Å². The number of furan rings is 1. The van der Waals surface area contributed by atoms with Crippen LogP contribution in [0.25, 0.3) is 84.6 Å². The Morgan fingerprint density at radius 2 is 0.952 bits per heavy atom. The summed E-state index contributed by atoms with van der Waals surface area (Å²) in [6.45, 7) is 0. The van der Waals surface area contributed by atoms with Crippen LogP contribution in [0, 0.1) is 0 Å². The summed E-state index contributed by atoms with van der Waals surface area (Å²) in [4.78, 5) is 18.1. The lowest BCUT2D eigenvalue weighted by molar-refractivity contribution is 0.584. The number of anilines is 2. The molecule has 0 N–H and O–H groups in total. The topological polar surface area (TPSA) is 55.1 Å². The molecule has 1 aliphatic carbocycles. The van der Waals surface area contributed by atoms with E-state index in [9.17, 15) is 0 Å². The van der Waals surface area contributed by atoms with Crippen molar-refractivity contribution in [3.8, 4) is 67.5 Å². The molecule has 0 radical (unpaired) electrons. The van der Waals surface area contributed by atoms with E-state index in [2.05, 4.69) is 211 Å². The zero-order chi connectivity index (χ0) is 41.0. The summed E-state index contributed by atoms with van der Waals surface area (Å²) >= 11 is 0. The highest BCUT2D eigenvalue weighted by atomic mass is 16.3. The normalized spacial score (nSPS) is 15.0. The molecule has 5 heteroatoms. The van der Waals surface area contributed by atoms with Crippen LogP contribution in [0.4, 0.5) is 11.4 Å². The maximum Gasteiger partial charge on any atom is 0.167 e. The van der Waals surface area contributed by atoms with Crippen molar-refractivity contribution >= 4 is 28.4 Å². The van der Waals surface area contributed by atoms with Crippen molar-refractivity contribution in [1.82, 2.24) is 15.0 Å². The number of hydrogen-bond donors (Lipinski definition) is 0. The molecule has 1 aliphatic heterocycles. The Morgan fingerprint density at radius 3 is 1.68 bits per heavy atom. The third kappa shape index (κ3) is 6.13. The van der Waals surface area contributed by atoms with E-state index in [-0.39, 0.29) is 12.0 Å². The summed E-state index contributed by atoms with van der Waals surface area (Å²) in [5, 5.41) is 1.06. The Balaban J connectivity index is 0.989. The molecule has 0 saturated heterocycles. The molecule has 2 aromatic heterocycles. The van der Waals surface area contributed by atoms with Crippen LogP contribution < -0.4 is 4.90 Å². The van der Waals surface area contributed by atoms with E-state index in [0.29, 0.717) is 17.5 Å². The number of rotatable bonds is 7. The molecule has 0 spiro atoms. The van der Waals surface area contributed by atoms with Crippen molar-refractivity contribution in [3.63, 3.8) is 0 Å². The minimum atomic E-state index is 0.0522. The van der Waals surface area contributed by atoms with E-state index in [0.717, 1.165) is 61.4 Å². The van der Waals surface area contributed by atoms with Crippen LogP contribution in [0.3, 0.4) is 0 Å². The van der Waals surface area contributed by atoms with Gasteiger partial charge in [-0.25, -0.2) is 15.0 Å². The van der Waals surface area contributed by atoms with Crippen molar-refractivity contribution in [1.29, 1.82) is 0 Å². The highest BCUT2D eigenvalue weighted by Gasteiger charge is 2.43. The molecule has 2 atom stereocenters. The molecular formula is C57H38N4O. The van der Waals surface area contributed by atoms with Gasteiger partial charge in [-0.15, -0.1) is 0 Å². The zero-order valence-electron chi connectivity index (χ0n) is 33.6. The van der Waals surface area contributed by atoms with Crippen LogP contribution in [0.2, 0.25) is 0 Å². The summed E-state index contributed by atoms with van der Waals surface area (Å²) in [6.07, 6.45) is 4.47. The molecule has 62 heavy (non-hydrogen) atoms. The van der Waals surface area contributed by atoms with E-state index in [1.807, 2.05) is 12.1 Å². The largest absolute Gasteiger partial charge is 0.456 e. The summed E-state index contributed by atoms with van der Waals surface area (Å²) in [5.41, 5.74) is 15.2. The fraction of sp³-hybridized carbons (Fsp3) is 0.0351. The Bertz CT molecular complexity index is 3300. The second-order valence-electron chi connectivity index (χ2n) is 15.9. The molecule has 0 saturated carbocycles. The number of aromatic nitrogens is 3. The van der Waals surface area contributed by atoms with Crippen molar-refractivity contribution in [2.75, 3.05) is 4.90 Å². The summed E-state index contributed by atoms with van der Waals surface area (Å²) < 4.78 is 6.94. The van der Waals surface area contributed by atoms with Crippen LogP contribution in [-0.2, 0) is 0 Å². The summed E-state index contributed by atoms with van der Waals surface area (Å²) in [6, 6.07) is 72.4. The monoisotopic (exact) mass is 794 g/mol. The Hall–Kier alpha value is -8.15. The molecule has 0 bridgehead atoms. The summed E-state index contributed by atoms with van der Waals surface area (Å²) in [7, 11) is 0. The summed E-state index contributed by atoms with van der Waals surface area (Å²) in [5.74, 6) is 2.68. The predicted octanol–water partition coefficient (Wildman–Crippen LogP) is 14.3. The lowest BCUT2D eigenvalue weighted by atomic mass is 9.82. The number of para-hydroxylation sites is 2. The first kappa shape index (κ1) is 35.8. The zero-order valence-corrected chi connectivity index (χ0v) is 33.6. The van der Waals surface area contributed by atoms with Gasteiger partial charge in [0.2, 0.25) is 0 Å². The van der Waals surface area contributed by atoms with Crippen molar-refractivity contribution in [2.24, 2.45) is 0 Å². The van der Waals surface area contributed by atoms with Gasteiger partial charge in [0.05, 0.1) is 11.6 Å². The highest BCUT2D eigenvalue weighted by molar-refractivity contribution is 5.97. The fourth-order valence-electron chi connectivity index (χ4n) is 9.39. The van der Waals surface area contributed by atoms with Gasteiger partial charge in [0.15, 0.2) is 17.5 Å². The molecule has 3 heterocycles. The van der Waals surface area contributed by atoms with Gasteiger partial charge in [0.1, 0.15) is 11.3 Å². The molecule has 0 fully saturated rings. The van der Waals surface area contributed by atoms with E-state index in [1.165, 1.54) is 27.9 Å². The molecule has 0 amide bonds. The SMILES string of the molecule is C1=CC2C(c3ccccc3N2c2cccc(-c3ccccc3)c2)c2c1oc1c(-c3nc(-c4ccc(-c5ccccc5)cc4)nc(-c4cccc(-c5ccccc5)c4)n3)cccc21. The molecule has 2 aliphatic rings. The first-order valence-corrected chi connectivity index (χ1v) is 21.1. The fourth-order valence-corrected chi connectivity index (χ4v) is 9.39. The van der Waals surface area contributed by atoms with Gasteiger partial charge in [-0.3, -0.25) is 0 Å². The quantitative estimate of drug-likeness (QED) is 0.161. The lowest BCUT2D eigenvalue weighted by Crippen LogP contribution is -2.30. The van der Waals surface area contributed by atoms with Crippen LogP contribution in [0.5, 0.6) is 0 Å². The smallest absolute Gasteiger partial charge is 0.167 e. The minimum absolute atomic E-state index is 0.0522. The van der Waals surface area contributed by atoms with Gasteiger partial charge >= 0.3 is 0 Å². The highest BCUT2D eigenvalue weighted by Crippen LogP contribution is 2.54. The van der Waals surface area contributed by atoms with Gasteiger partial charge in [0, 0.05) is 39.4 Å². The second-order valence-corrected chi connectivity index (χ2v) is 15.9. The maximum atomic E-state index is 6.94. The third-order valence-corrected chi connectivity index (χ3v) is 12.3. The molecule has 8 aromatic carbocycles. The maximum absolute atomic E-state index is 6.94. The Labute approximate surface area is 360 Å². The molecule has 5 nitrogen and oxygen atoms in total. The first-order chi connectivity index (χ1) is 30.7. The van der Waals surface area contributed by atoms with Crippen LogP contribution in [0.15, 0.2) is 217 Å². The van der Waals surface area contributed by atoms with Crippen molar-refractivity contribution in [2.45, 2.75) is 12.0 Å². The molecule has 12 rings (SSSR count). The number of fused-ring (bicyclic) bond motifs is 7. The first-order valence-electron chi connectivity index (χ1n) is 21.1. The van der Waals surface area contributed by atoms with Gasteiger partial charge in [0.25, 0.3) is 0 Å². The van der Waals surface area contributed by atoms with Crippen LogP contribution in [-0.4, -0.2) is 21.0 Å². The molecular weight excluding hydrogens is 757 g/mol. The standard InChI is InChI=1S/C57H38N4O/c1-4-15-37(16-5-1)40-29-31-41(32-30-40)55-58-56(44-23-12-21-42(35-44)38-17-6-2-7-18-38)60-57(59-55)48-27-14-26-47-53-51(62-54(47)48)34-33-50-52(53)46-25-10-11-28-49(46)61(50)45-24-13-22-43(36-45)39-19-8-3-9-20-39/h1-36,50,52H. The van der Waals surface area contributed by atoms with Crippen molar-refractivity contribution < 1.29 is 4.42 Å². The molecule has 2 unspecified atom stereocenters. The van der Waals surface area contributed by atoms with Gasteiger partial charge in [-0.05, 0) is 75.4 Å². The number of benzene rings is 8. The van der Waals surface area contributed by atoms with Crippen LogP contribution in [0.1, 0.15) is 22.8 Å². The second kappa shape index (κ2) is 14.8. The Kier molecular flexibility index (Phi) is 8.56. The minimum Gasteiger partial charge on any atom is -0.456 e. The van der Waals surface area contributed by atoms with E-state index < -0.39 is 0 Å². The predicted molar refractivity (Wildman–Crippen MR) is 252 cm³/mol. The molecule has 10 aromatic rings. The van der Waals surface area contributed by atoms with Gasteiger partial charge in [-0.2, -0.15) is 0 Å². The Morgan fingerprint density at radius 1 is 0.419 bits per heavy atom. The average molecular weight is 795 g/mol. The van der Waals surface area contributed by atoms with E-state index in [4.69, 9.17) is 19.4 Å². The van der Waals surface area contributed by atoms with E-state index in [1.54, 1.807) is 0 Å². The lowest BCUT2D eigenvalue weighted by Gasteiger charge is -2.30. The van der Waals surface area contributed by atoms with Crippen LogP contribution >= 0.6 is 0 Å². The van der Waals surface area contributed by atoms with Gasteiger partial charge in [-0.1, -0.05) is 182 Å². The molecule has 292 valence electrons. The number of hydrogen-bond acceptors (Lipinski definition) is 5. The van der Waals surface area contributed by atoms with Crippen molar-refractivity contribution in [3.05, 3.63) is 229 Å². The average Bonchev–Trinajstić information content (AvgIpc) is 3.91. The third-order valence-electron chi connectivity index (χ3n) is 12.3. The van der Waals surface area contributed by atoms with E-state index >= 15 is 0 Å².